The van der Waals surface area contributed by atoms with Crippen LogP contribution in [0.2, 0.25) is 0 Å². The van der Waals surface area contributed by atoms with Crippen LogP contribution in [-0.4, -0.2) is 55.9 Å². The standard InChI is InChI=1S/C21H24N2O4/c1-25-21(24)20(17-5-3-2-4-6-17)23-11-9-22(10-12-23)14-16-7-8-18-19(13-16)27-15-26-18/h2-8,13,20H,9-12,14-15H2,1H3/t20-/m1/s1. The Morgan fingerprint density at radius 3 is 2.52 bits per heavy atom. The molecule has 0 amide bonds. The highest BCUT2D eigenvalue weighted by Gasteiger charge is 2.31. The lowest BCUT2D eigenvalue weighted by Gasteiger charge is -2.38. The van der Waals surface area contributed by atoms with Gasteiger partial charge in [0.25, 0.3) is 0 Å². The number of ether oxygens (including phenoxy) is 3. The highest BCUT2D eigenvalue weighted by Crippen LogP contribution is 2.33. The van der Waals surface area contributed by atoms with E-state index in [4.69, 9.17) is 14.2 Å². The van der Waals surface area contributed by atoms with E-state index in [1.54, 1.807) is 0 Å². The van der Waals surface area contributed by atoms with Gasteiger partial charge in [0, 0.05) is 32.7 Å². The first kappa shape index (κ1) is 17.8. The van der Waals surface area contributed by atoms with Gasteiger partial charge in [-0.3, -0.25) is 9.80 Å². The quantitative estimate of drug-likeness (QED) is 0.756. The van der Waals surface area contributed by atoms with Crippen molar-refractivity contribution in [3.63, 3.8) is 0 Å². The van der Waals surface area contributed by atoms with Crippen molar-refractivity contribution in [2.75, 3.05) is 40.1 Å². The van der Waals surface area contributed by atoms with Gasteiger partial charge < -0.3 is 14.2 Å². The van der Waals surface area contributed by atoms with E-state index in [0.29, 0.717) is 6.79 Å². The Labute approximate surface area is 159 Å². The van der Waals surface area contributed by atoms with Crippen LogP contribution >= 0.6 is 0 Å². The van der Waals surface area contributed by atoms with Crippen LogP contribution in [0, 0.1) is 0 Å². The second kappa shape index (κ2) is 7.98. The Balaban J connectivity index is 1.39. The molecule has 1 fully saturated rings. The number of fused-ring (bicyclic) bond motifs is 1. The van der Waals surface area contributed by atoms with E-state index in [2.05, 4.69) is 21.9 Å². The molecule has 4 rings (SSSR count). The molecule has 27 heavy (non-hydrogen) atoms. The van der Waals surface area contributed by atoms with Crippen LogP contribution in [-0.2, 0) is 16.1 Å². The van der Waals surface area contributed by atoms with Gasteiger partial charge in [-0.05, 0) is 23.3 Å². The zero-order chi connectivity index (χ0) is 18.6. The van der Waals surface area contributed by atoms with Crippen molar-refractivity contribution in [3.05, 3.63) is 59.7 Å². The monoisotopic (exact) mass is 368 g/mol. The Kier molecular flexibility index (Phi) is 5.27. The number of hydrogen-bond donors (Lipinski definition) is 0. The van der Waals surface area contributed by atoms with Crippen molar-refractivity contribution in [1.82, 2.24) is 9.80 Å². The van der Waals surface area contributed by atoms with Gasteiger partial charge in [-0.25, -0.2) is 4.79 Å². The molecule has 2 aromatic rings. The Hall–Kier alpha value is -2.57. The molecular weight excluding hydrogens is 344 g/mol. The molecule has 142 valence electrons. The van der Waals surface area contributed by atoms with E-state index in [-0.39, 0.29) is 12.0 Å². The zero-order valence-corrected chi connectivity index (χ0v) is 15.5. The molecule has 2 aliphatic rings. The van der Waals surface area contributed by atoms with Gasteiger partial charge in [0.15, 0.2) is 11.5 Å². The molecule has 0 spiro atoms. The van der Waals surface area contributed by atoms with Gasteiger partial charge in [-0.15, -0.1) is 0 Å². The highest BCUT2D eigenvalue weighted by atomic mass is 16.7. The van der Waals surface area contributed by atoms with Crippen molar-refractivity contribution < 1.29 is 19.0 Å². The normalized spacial score (nSPS) is 18.3. The van der Waals surface area contributed by atoms with Gasteiger partial charge in [0.2, 0.25) is 6.79 Å². The van der Waals surface area contributed by atoms with E-state index < -0.39 is 0 Å². The van der Waals surface area contributed by atoms with Crippen molar-refractivity contribution >= 4 is 5.97 Å². The lowest BCUT2D eigenvalue weighted by Crippen LogP contribution is -2.49. The van der Waals surface area contributed by atoms with Gasteiger partial charge in [0.05, 0.1) is 7.11 Å². The summed E-state index contributed by atoms with van der Waals surface area (Å²) in [5.41, 5.74) is 2.19. The van der Waals surface area contributed by atoms with Gasteiger partial charge in [-0.1, -0.05) is 36.4 Å². The smallest absolute Gasteiger partial charge is 0.327 e. The predicted octanol–water partition coefficient (Wildman–Crippen LogP) is 2.45. The fourth-order valence-electron chi connectivity index (χ4n) is 3.72. The number of methoxy groups -OCH3 is 1. The van der Waals surface area contributed by atoms with Crippen molar-refractivity contribution in [2.45, 2.75) is 12.6 Å². The van der Waals surface area contributed by atoms with Crippen molar-refractivity contribution in [3.8, 4) is 11.5 Å². The minimum Gasteiger partial charge on any atom is -0.468 e. The molecule has 6 nitrogen and oxygen atoms in total. The maximum absolute atomic E-state index is 12.4. The predicted molar refractivity (Wildman–Crippen MR) is 101 cm³/mol. The number of carbonyl (C=O) groups excluding carboxylic acids is 1. The van der Waals surface area contributed by atoms with Crippen LogP contribution < -0.4 is 9.47 Å². The van der Waals surface area contributed by atoms with Gasteiger partial charge in [0.1, 0.15) is 6.04 Å². The molecule has 0 aliphatic carbocycles. The number of carbonyl (C=O) groups is 1. The van der Waals surface area contributed by atoms with E-state index in [1.165, 1.54) is 12.7 Å². The topological polar surface area (TPSA) is 51.2 Å². The SMILES string of the molecule is COC(=O)[C@@H](c1ccccc1)N1CCN(Cc2ccc3c(c2)OCO3)CC1. The highest BCUT2D eigenvalue weighted by molar-refractivity contribution is 5.77. The van der Waals surface area contributed by atoms with E-state index in [0.717, 1.165) is 49.8 Å². The number of benzene rings is 2. The van der Waals surface area contributed by atoms with E-state index in [1.807, 2.05) is 36.4 Å². The number of nitrogens with zero attached hydrogens (tertiary/aromatic N) is 2. The Morgan fingerprint density at radius 1 is 1.04 bits per heavy atom. The molecule has 2 aromatic carbocycles. The average Bonchev–Trinajstić information content (AvgIpc) is 3.18. The molecule has 0 radical (unpaired) electrons. The summed E-state index contributed by atoms with van der Waals surface area (Å²) in [7, 11) is 1.45. The minimum absolute atomic E-state index is 0.203. The average molecular weight is 368 g/mol. The van der Waals surface area contributed by atoms with Crippen LogP contribution in [0.1, 0.15) is 17.2 Å². The van der Waals surface area contributed by atoms with Crippen molar-refractivity contribution in [2.24, 2.45) is 0 Å². The zero-order valence-electron chi connectivity index (χ0n) is 15.5. The molecule has 0 saturated carbocycles. The minimum atomic E-state index is -0.344. The second-order valence-electron chi connectivity index (χ2n) is 6.84. The van der Waals surface area contributed by atoms with Gasteiger partial charge >= 0.3 is 5.97 Å². The Morgan fingerprint density at radius 2 is 1.78 bits per heavy atom. The maximum atomic E-state index is 12.4. The molecule has 6 heteroatoms. The number of rotatable bonds is 5. The van der Waals surface area contributed by atoms with E-state index in [9.17, 15) is 4.79 Å². The molecule has 2 aliphatic heterocycles. The second-order valence-corrected chi connectivity index (χ2v) is 6.84. The van der Waals surface area contributed by atoms with Crippen LogP contribution in [0.5, 0.6) is 11.5 Å². The maximum Gasteiger partial charge on any atom is 0.327 e. The molecule has 1 atom stereocenters. The lowest BCUT2D eigenvalue weighted by atomic mass is 10.0. The largest absolute Gasteiger partial charge is 0.468 e. The molecule has 0 unspecified atom stereocenters. The summed E-state index contributed by atoms with van der Waals surface area (Å²) < 4.78 is 15.9. The van der Waals surface area contributed by atoms with E-state index >= 15 is 0 Å². The number of hydrogen-bond acceptors (Lipinski definition) is 6. The molecule has 0 aromatic heterocycles. The molecular formula is C21H24N2O4. The first-order valence-corrected chi connectivity index (χ1v) is 9.22. The third-order valence-electron chi connectivity index (χ3n) is 5.15. The fraction of sp³-hybridized carbons (Fsp3) is 0.381. The summed E-state index contributed by atoms with van der Waals surface area (Å²) in [6, 6.07) is 15.6. The number of esters is 1. The molecule has 0 N–H and O–H groups in total. The first-order chi connectivity index (χ1) is 13.2. The summed E-state index contributed by atoms with van der Waals surface area (Å²) >= 11 is 0. The van der Waals surface area contributed by atoms with Crippen LogP contribution in [0.3, 0.4) is 0 Å². The molecule has 0 bridgehead atoms. The fourth-order valence-corrected chi connectivity index (χ4v) is 3.72. The Bertz CT molecular complexity index is 788. The van der Waals surface area contributed by atoms with Crippen molar-refractivity contribution in [1.29, 1.82) is 0 Å². The van der Waals surface area contributed by atoms with Crippen LogP contribution in [0.4, 0.5) is 0 Å². The van der Waals surface area contributed by atoms with Gasteiger partial charge in [-0.2, -0.15) is 0 Å². The third-order valence-corrected chi connectivity index (χ3v) is 5.15. The van der Waals surface area contributed by atoms with Crippen LogP contribution in [0.25, 0.3) is 0 Å². The third kappa shape index (κ3) is 3.91. The number of piperazine rings is 1. The summed E-state index contributed by atoms with van der Waals surface area (Å²) in [6.45, 7) is 4.59. The first-order valence-electron chi connectivity index (χ1n) is 9.22. The summed E-state index contributed by atoms with van der Waals surface area (Å²) in [6.07, 6.45) is 0. The van der Waals surface area contributed by atoms with Crippen LogP contribution in [0.15, 0.2) is 48.5 Å². The lowest BCUT2D eigenvalue weighted by molar-refractivity contribution is -0.148. The molecule has 2 heterocycles. The molecule has 1 saturated heterocycles. The summed E-state index contributed by atoms with van der Waals surface area (Å²) in [5.74, 6) is 1.43. The summed E-state index contributed by atoms with van der Waals surface area (Å²) in [4.78, 5) is 17.0. The summed E-state index contributed by atoms with van der Waals surface area (Å²) in [5, 5.41) is 0.